The number of para-hydroxylation sites is 1. The van der Waals surface area contributed by atoms with Crippen molar-refractivity contribution in [1.29, 1.82) is 0 Å². The van der Waals surface area contributed by atoms with Gasteiger partial charge in [-0.2, -0.15) is 0 Å². The first kappa shape index (κ1) is 14.6. The van der Waals surface area contributed by atoms with Gasteiger partial charge in [-0.05, 0) is 32.8 Å². The number of hydrogen-bond acceptors (Lipinski definition) is 3. The van der Waals surface area contributed by atoms with E-state index in [1.54, 1.807) is 0 Å². The zero-order chi connectivity index (χ0) is 13.5. The van der Waals surface area contributed by atoms with Gasteiger partial charge in [0, 0.05) is 5.56 Å². The van der Waals surface area contributed by atoms with Crippen molar-refractivity contribution in [3.8, 4) is 5.75 Å². The minimum absolute atomic E-state index is 0.204. The maximum absolute atomic E-state index is 11.8. The number of ether oxygens (including phenoxy) is 2. The van der Waals surface area contributed by atoms with E-state index in [-0.39, 0.29) is 11.9 Å². The van der Waals surface area contributed by atoms with Crippen molar-refractivity contribution in [2.75, 3.05) is 13.2 Å². The smallest absolute Gasteiger partial charge is 0.313 e. The van der Waals surface area contributed by atoms with E-state index in [0.717, 1.165) is 23.3 Å². The number of benzene rings is 1. The maximum Gasteiger partial charge on any atom is 0.313 e. The van der Waals surface area contributed by atoms with Gasteiger partial charge >= 0.3 is 5.97 Å². The van der Waals surface area contributed by atoms with Crippen molar-refractivity contribution in [3.05, 3.63) is 29.3 Å². The van der Waals surface area contributed by atoms with Gasteiger partial charge in [0.05, 0.1) is 19.1 Å². The molecule has 1 aromatic carbocycles. The van der Waals surface area contributed by atoms with E-state index < -0.39 is 0 Å². The van der Waals surface area contributed by atoms with Crippen molar-refractivity contribution in [3.63, 3.8) is 0 Å². The SMILES string of the molecule is CCCOc1c(C)cccc1C(C)C(=O)OCC. The van der Waals surface area contributed by atoms with Gasteiger partial charge in [-0.1, -0.05) is 25.1 Å². The molecule has 0 amide bonds. The Morgan fingerprint density at radius 1 is 1.33 bits per heavy atom. The summed E-state index contributed by atoms with van der Waals surface area (Å²) >= 11 is 0. The summed E-state index contributed by atoms with van der Waals surface area (Å²) in [6.45, 7) is 8.79. The van der Waals surface area contributed by atoms with Gasteiger partial charge in [0.15, 0.2) is 0 Å². The first-order chi connectivity index (χ1) is 8.61. The average molecular weight is 250 g/mol. The number of aryl methyl sites for hydroxylation is 1. The van der Waals surface area contributed by atoms with Crippen LogP contribution in [0.25, 0.3) is 0 Å². The largest absolute Gasteiger partial charge is 0.493 e. The molecule has 0 radical (unpaired) electrons. The molecule has 0 spiro atoms. The van der Waals surface area contributed by atoms with Gasteiger partial charge in [0.1, 0.15) is 5.75 Å². The monoisotopic (exact) mass is 250 g/mol. The predicted octanol–water partition coefficient (Wildman–Crippen LogP) is 3.45. The lowest BCUT2D eigenvalue weighted by Gasteiger charge is -2.17. The summed E-state index contributed by atoms with van der Waals surface area (Å²) in [5, 5.41) is 0. The number of carbonyl (C=O) groups is 1. The maximum atomic E-state index is 11.8. The zero-order valence-electron chi connectivity index (χ0n) is 11.7. The molecule has 1 atom stereocenters. The summed E-state index contributed by atoms with van der Waals surface area (Å²) in [7, 11) is 0. The molecule has 0 saturated carbocycles. The van der Waals surface area contributed by atoms with E-state index in [9.17, 15) is 4.79 Å². The van der Waals surface area contributed by atoms with Crippen LogP contribution in [0.15, 0.2) is 18.2 Å². The van der Waals surface area contributed by atoms with Crippen molar-refractivity contribution in [1.82, 2.24) is 0 Å². The minimum Gasteiger partial charge on any atom is -0.493 e. The van der Waals surface area contributed by atoms with Crippen molar-refractivity contribution >= 4 is 5.97 Å². The molecule has 0 aliphatic heterocycles. The van der Waals surface area contributed by atoms with Crippen LogP contribution in [0.4, 0.5) is 0 Å². The van der Waals surface area contributed by atoms with Crippen LogP contribution in [0.5, 0.6) is 5.75 Å². The molecular formula is C15H22O3. The first-order valence-corrected chi connectivity index (χ1v) is 6.50. The van der Waals surface area contributed by atoms with Crippen LogP contribution >= 0.6 is 0 Å². The van der Waals surface area contributed by atoms with Crippen LogP contribution in [-0.2, 0) is 9.53 Å². The van der Waals surface area contributed by atoms with Crippen molar-refractivity contribution < 1.29 is 14.3 Å². The summed E-state index contributed by atoms with van der Waals surface area (Å²) in [6.07, 6.45) is 0.946. The van der Waals surface area contributed by atoms with Crippen LogP contribution in [0.2, 0.25) is 0 Å². The van der Waals surface area contributed by atoms with E-state index >= 15 is 0 Å². The van der Waals surface area contributed by atoms with E-state index in [2.05, 4.69) is 6.92 Å². The van der Waals surface area contributed by atoms with E-state index in [4.69, 9.17) is 9.47 Å². The third kappa shape index (κ3) is 3.49. The van der Waals surface area contributed by atoms with E-state index in [1.165, 1.54) is 0 Å². The Morgan fingerprint density at radius 2 is 2.06 bits per heavy atom. The van der Waals surface area contributed by atoms with Gasteiger partial charge in [-0.25, -0.2) is 0 Å². The summed E-state index contributed by atoms with van der Waals surface area (Å²) in [6, 6.07) is 5.87. The molecule has 0 aliphatic carbocycles. The summed E-state index contributed by atoms with van der Waals surface area (Å²) in [5.74, 6) is 0.320. The Kier molecular flexibility index (Phi) is 5.69. The summed E-state index contributed by atoms with van der Waals surface area (Å²) < 4.78 is 10.8. The Hall–Kier alpha value is -1.51. The first-order valence-electron chi connectivity index (χ1n) is 6.50. The molecule has 0 saturated heterocycles. The third-order valence-electron chi connectivity index (χ3n) is 2.80. The molecule has 0 N–H and O–H groups in total. The molecule has 3 nitrogen and oxygen atoms in total. The number of hydrogen-bond donors (Lipinski definition) is 0. The highest BCUT2D eigenvalue weighted by atomic mass is 16.5. The van der Waals surface area contributed by atoms with Gasteiger partial charge in [-0.3, -0.25) is 4.79 Å². The Bertz CT molecular complexity index is 399. The fourth-order valence-corrected chi connectivity index (χ4v) is 1.81. The average Bonchev–Trinajstić information content (AvgIpc) is 2.36. The van der Waals surface area contributed by atoms with Gasteiger partial charge < -0.3 is 9.47 Å². The van der Waals surface area contributed by atoms with E-state index in [0.29, 0.717) is 13.2 Å². The lowest BCUT2D eigenvalue weighted by atomic mass is 9.98. The fourth-order valence-electron chi connectivity index (χ4n) is 1.81. The lowest BCUT2D eigenvalue weighted by molar-refractivity contribution is -0.144. The summed E-state index contributed by atoms with van der Waals surface area (Å²) in [5.41, 5.74) is 1.96. The second kappa shape index (κ2) is 7.04. The molecule has 0 aromatic heterocycles. The Morgan fingerprint density at radius 3 is 2.67 bits per heavy atom. The quantitative estimate of drug-likeness (QED) is 0.725. The van der Waals surface area contributed by atoms with Gasteiger partial charge in [0.2, 0.25) is 0 Å². The topological polar surface area (TPSA) is 35.5 Å². The second-order valence-electron chi connectivity index (χ2n) is 4.32. The normalized spacial score (nSPS) is 12.0. The third-order valence-corrected chi connectivity index (χ3v) is 2.80. The molecule has 0 bridgehead atoms. The summed E-state index contributed by atoms with van der Waals surface area (Å²) in [4.78, 5) is 11.8. The zero-order valence-corrected chi connectivity index (χ0v) is 11.7. The second-order valence-corrected chi connectivity index (χ2v) is 4.32. The van der Waals surface area contributed by atoms with Crippen LogP contribution in [-0.4, -0.2) is 19.2 Å². The van der Waals surface area contributed by atoms with E-state index in [1.807, 2.05) is 39.0 Å². The number of rotatable bonds is 6. The molecule has 1 aromatic rings. The molecule has 1 rings (SSSR count). The molecule has 0 aliphatic rings. The highest BCUT2D eigenvalue weighted by Crippen LogP contribution is 2.30. The molecule has 3 heteroatoms. The molecule has 1 unspecified atom stereocenters. The minimum atomic E-state index is -0.295. The standard InChI is InChI=1S/C15H22O3/c1-5-10-18-14-11(3)8-7-9-13(14)12(4)15(16)17-6-2/h7-9,12H,5-6,10H2,1-4H3. The molecule has 18 heavy (non-hydrogen) atoms. The molecule has 0 fully saturated rings. The van der Waals surface area contributed by atoms with Crippen LogP contribution in [0, 0.1) is 6.92 Å². The van der Waals surface area contributed by atoms with Gasteiger partial charge in [0.25, 0.3) is 0 Å². The van der Waals surface area contributed by atoms with Crippen LogP contribution in [0.1, 0.15) is 44.2 Å². The molecule has 0 heterocycles. The molecular weight excluding hydrogens is 228 g/mol. The predicted molar refractivity (Wildman–Crippen MR) is 72.0 cm³/mol. The molecule has 100 valence electrons. The fraction of sp³-hybridized carbons (Fsp3) is 0.533. The van der Waals surface area contributed by atoms with Crippen LogP contribution in [0.3, 0.4) is 0 Å². The van der Waals surface area contributed by atoms with Gasteiger partial charge in [-0.15, -0.1) is 0 Å². The van der Waals surface area contributed by atoms with Crippen LogP contribution < -0.4 is 4.74 Å². The number of carbonyl (C=O) groups excluding carboxylic acids is 1. The van der Waals surface area contributed by atoms with Crippen molar-refractivity contribution in [2.45, 2.75) is 40.0 Å². The Balaban J connectivity index is 2.99. The van der Waals surface area contributed by atoms with Crippen molar-refractivity contribution in [2.24, 2.45) is 0 Å². The highest BCUT2D eigenvalue weighted by Gasteiger charge is 2.21. The lowest BCUT2D eigenvalue weighted by Crippen LogP contribution is -2.14. The number of esters is 1. The Labute approximate surface area is 109 Å². The highest BCUT2D eigenvalue weighted by molar-refractivity contribution is 5.79.